The average molecular weight is 925 g/mol. The number of para-hydroxylation sites is 4. The summed E-state index contributed by atoms with van der Waals surface area (Å²) in [7, 11) is -7.78. The highest BCUT2D eigenvalue weighted by molar-refractivity contribution is 7.64. The van der Waals surface area contributed by atoms with Crippen molar-refractivity contribution in [3.05, 3.63) is 182 Å². The van der Waals surface area contributed by atoms with Crippen molar-refractivity contribution in [2.24, 2.45) is 0 Å². The van der Waals surface area contributed by atoms with Crippen LogP contribution >= 0.6 is 37.9 Å². The highest BCUT2D eigenvalue weighted by atomic mass is 32.1. The standard InChI is InChI=1S/C52H50N2O6P2S2/c1-5-57-61(55,58-6-2)47-37-49(39-29-33-45(34-30-39)53(41-21-13-9-14-22-41)42-23-15-10-16-24-42)63-51(47)52-48(62(56,59-7-3)60-8-4)38-50(64-52)40-31-35-46(36-32-40)54(43-25-17-11-18-26-43)44-27-19-12-20-28-44/h9-38H,5-8H2,1-4H3. The number of thiophene rings is 2. The Labute approximate surface area is 384 Å². The fourth-order valence-corrected chi connectivity index (χ4v) is 14.5. The maximum absolute atomic E-state index is 15.0. The van der Waals surface area contributed by atoms with Crippen LogP contribution < -0.4 is 20.4 Å². The van der Waals surface area contributed by atoms with Gasteiger partial charge in [0.1, 0.15) is 0 Å². The van der Waals surface area contributed by atoms with Crippen molar-refractivity contribution in [3.63, 3.8) is 0 Å². The molecule has 0 fully saturated rings. The predicted octanol–water partition coefficient (Wildman–Crippen LogP) is 15.5. The molecule has 8 nitrogen and oxygen atoms in total. The zero-order valence-corrected chi connectivity index (χ0v) is 39.6. The molecular formula is C52H50N2O6P2S2. The van der Waals surface area contributed by atoms with E-state index >= 15 is 0 Å². The molecule has 2 heterocycles. The smallest absolute Gasteiger partial charge is 0.311 e. The van der Waals surface area contributed by atoms with Crippen molar-refractivity contribution in [2.75, 3.05) is 36.2 Å². The van der Waals surface area contributed by atoms with Crippen LogP contribution in [-0.4, -0.2) is 26.4 Å². The minimum atomic E-state index is -3.89. The second-order valence-electron chi connectivity index (χ2n) is 14.4. The Morgan fingerprint density at radius 2 is 0.625 bits per heavy atom. The van der Waals surface area contributed by atoms with Crippen LogP contribution in [0.1, 0.15) is 27.7 Å². The van der Waals surface area contributed by atoms with Crippen LogP contribution in [0, 0.1) is 0 Å². The van der Waals surface area contributed by atoms with Gasteiger partial charge in [-0.05, 0) is 124 Å². The van der Waals surface area contributed by atoms with Crippen LogP contribution in [0.25, 0.3) is 30.6 Å². The first kappa shape index (κ1) is 45.2. The molecule has 8 aromatic rings. The zero-order valence-electron chi connectivity index (χ0n) is 36.2. The normalized spacial score (nSPS) is 11.8. The van der Waals surface area contributed by atoms with Gasteiger partial charge in [0.25, 0.3) is 0 Å². The van der Waals surface area contributed by atoms with Crippen molar-refractivity contribution in [1.82, 2.24) is 0 Å². The van der Waals surface area contributed by atoms with E-state index in [1.54, 1.807) is 27.7 Å². The van der Waals surface area contributed by atoms with Crippen molar-refractivity contribution < 1.29 is 27.2 Å². The summed E-state index contributed by atoms with van der Waals surface area (Å²) in [5.41, 5.74) is 7.91. The molecule has 6 aromatic carbocycles. The summed E-state index contributed by atoms with van der Waals surface area (Å²) in [4.78, 5) is 7.36. The number of anilines is 6. The third kappa shape index (κ3) is 9.67. The Balaban J connectivity index is 1.26. The predicted molar refractivity (Wildman–Crippen MR) is 269 cm³/mol. The summed E-state index contributed by atoms with van der Waals surface area (Å²) in [6.07, 6.45) is 0. The molecular weight excluding hydrogens is 875 g/mol. The molecule has 0 N–H and O–H groups in total. The number of nitrogens with zero attached hydrogens (tertiary/aromatic N) is 2. The van der Waals surface area contributed by atoms with Crippen molar-refractivity contribution in [1.29, 1.82) is 0 Å². The third-order valence-electron chi connectivity index (χ3n) is 10.3. The monoisotopic (exact) mass is 924 g/mol. The van der Waals surface area contributed by atoms with Crippen molar-refractivity contribution >= 4 is 82.6 Å². The fourth-order valence-electron chi connectivity index (χ4n) is 7.56. The molecule has 0 aliphatic carbocycles. The zero-order chi connectivity index (χ0) is 44.5. The minimum absolute atomic E-state index is 0.166. The molecule has 8 rings (SSSR count). The lowest BCUT2D eigenvalue weighted by molar-refractivity contribution is 0.229. The van der Waals surface area contributed by atoms with Crippen LogP contribution in [0.5, 0.6) is 0 Å². The topological polar surface area (TPSA) is 77.5 Å². The Hall–Kier alpha value is -5.38. The molecule has 0 unspecified atom stereocenters. The van der Waals surface area contributed by atoms with Gasteiger partial charge in [-0.2, -0.15) is 0 Å². The Kier molecular flexibility index (Phi) is 14.6. The van der Waals surface area contributed by atoms with Gasteiger partial charge in [-0.1, -0.05) is 97.1 Å². The first-order chi connectivity index (χ1) is 31.3. The van der Waals surface area contributed by atoms with Gasteiger partial charge in [0.2, 0.25) is 0 Å². The van der Waals surface area contributed by atoms with Gasteiger partial charge in [0.15, 0.2) is 0 Å². The average Bonchev–Trinajstić information content (AvgIpc) is 3.99. The molecule has 0 saturated heterocycles. The lowest BCUT2D eigenvalue weighted by Crippen LogP contribution is -2.15. The van der Waals surface area contributed by atoms with Gasteiger partial charge < -0.3 is 27.9 Å². The molecule has 0 atom stereocenters. The lowest BCUT2D eigenvalue weighted by Gasteiger charge is -2.25. The molecule has 12 heteroatoms. The highest BCUT2D eigenvalue weighted by Crippen LogP contribution is 2.57. The lowest BCUT2D eigenvalue weighted by atomic mass is 10.1. The van der Waals surface area contributed by atoms with Crippen LogP contribution in [0.2, 0.25) is 0 Å². The SMILES string of the molecule is CCOP(=O)(OCC)c1cc(-c2ccc(N(c3ccccc3)c3ccccc3)cc2)sc1-c1sc(-c2ccc(N(c3ccccc3)c3ccccc3)cc2)cc1P(=O)(OCC)OCC. The molecule has 0 aliphatic rings. The van der Waals surface area contributed by atoms with Gasteiger partial charge in [-0.3, -0.25) is 9.13 Å². The molecule has 0 saturated carbocycles. The van der Waals surface area contributed by atoms with E-state index in [0.717, 1.165) is 55.0 Å². The van der Waals surface area contributed by atoms with Gasteiger partial charge in [0, 0.05) is 43.9 Å². The molecule has 0 aliphatic heterocycles. The largest absolute Gasteiger partial charge is 0.362 e. The Morgan fingerprint density at radius 1 is 0.375 bits per heavy atom. The van der Waals surface area contributed by atoms with Crippen molar-refractivity contribution in [2.45, 2.75) is 27.7 Å². The van der Waals surface area contributed by atoms with Crippen molar-refractivity contribution in [3.8, 4) is 30.6 Å². The number of rotatable bonds is 19. The van der Waals surface area contributed by atoms with E-state index in [1.807, 2.05) is 84.9 Å². The Morgan fingerprint density at radius 3 is 0.875 bits per heavy atom. The first-order valence-electron chi connectivity index (χ1n) is 21.4. The fraction of sp³-hybridized carbons (Fsp3) is 0.154. The minimum Gasteiger partial charge on any atom is -0.311 e. The highest BCUT2D eigenvalue weighted by Gasteiger charge is 2.39. The van der Waals surface area contributed by atoms with Crippen LogP contribution in [0.15, 0.2) is 182 Å². The van der Waals surface area contributed by atoms with Gasteiger partial charge in [0.05, 0.1) is 46.8 Å². The molecule has 326 valence electrons. The molecule has 0 bridgehead atoms. The summed E-state index contributed by atoms with van der Waals surface area (Å²) in [6, 6.07) is 61.5. The second-order valence-corrected chi connectivity index (χ2v) is 20.5. The quantitative estimate of drug-likeness (QED) is 0.0742. The Bertz CT molecular complexity index is 2540. The number of hydrogen-bond donors (Lipinski definition) is 0. The summed E-state index contributed by atoms with van der Waals surface area (Å²) in [6.45, 7) is 7.87. The van der Waals surface area contributed by atoms with Gasteiger partial charge >= 0.3 is 15.2 Å². The molecule has 2 aromatic heterocycles. The molecule has 0 spiro atoms. The summed E-state index contributed by atoms with van der Waals surface area (Å²) < 4.78 is 54.1. The van der Waals surface area contributed by atoms with Gasteiger partial charge in [-0.25, -0.2) is 0 Å². The van der Waals surface area contributed by atoms with E-state index in [4.69, 9.17) is 18.1 Å². The third-order valence-corrected chi connectivity index (χ3v) is 17.4. The summed E-state index contributed by atoms with van der Waals surface area (Å²) in [5.74, 6) is 0. The van der Waals surface area contributed by atoms with Crippen LogP contribution in [0.3, 0.4) is 0 Å². The number of benzene rings is 6. The van der Waals surface area contributed by atoms with E-state index < -0.39 is 15.2 Å². The molecule has 0 radical (unpaired) electrons. The first-order valence-corrected chi connectivity index (χ1v) is 26.1. The van der Waals surface area contributed by atoms with E-state index in [0.29, 0.717) is 20.4 Å². The molecule has 0 amide bonds. The maximum Gasteiger partial charge on any atom is 0.362 e. The van der Waals surface area contributed by atoms with Crippen LogP contribution in [-0.2, 0) is 27.2 Å². The second kappa shape index (κ2) is 20.6. The van der Waals surface area contributed by atoms with E-state index in [1.165, 1.54) is 22.7 Å². The van der Waals surface area contributed by atoms with Crippen LogP contribution in [0.4, 0.5) is 34.1 Å². The maximum atomic E-state index is 15.0. The van der Waals surface area contributed by atoms with E-state index in [9.17, 15) is 9.13 Å². The summed E-state index contributed by atoms with van der Waals surface area (Å²) >= 11 is 2.91. The molecule has 64 heavy (non-hydrogen) atoms. The summed E-state index contributed by atoms with van der Waals surface area (Å²) in [5, 5.41) is 0.808. The number of hydrogen-bond acceptors (Lipinski definition) is 10. The van der Waals surface area contributed by atoms with Gasteiger partial charge in [-0.15, -0.1) is 22.7 Å². The van der Waals surface area contributed by atoms with E-state index in [2.05, 4.69) is 107 Å². The van der Waals surface area contributed by atoms with E-state index in [-0.39, 0.29) is 26.4 Å².